The van der Waals surface area contributed by atoms with Crippen LogP contribution in [-0.4, -0.2) is 5.11 Å². The molecule has 0 aromatic heterocycles. The van der Waals surface area contributed by atoms with E-state index >= 15 is 0 Å². The summed E-state index contributed by atoms with van der Waals surface area (Å²) in [5.74, 6) is 6.21. The summed E-state index contributed by atoms with van der Waals surface area (Å²) < 4.78 is 0. The lowest BCUT2D eigenvalue weighted by Gasteiger charge is -2.60. The third-order valence-electron chi connectivity index (χ3n) is 12.0. The molecule has 1 heteroatoms. The minimum Gasteiger partial charge on any atom is -0.507 e. The summed E-state index contributed by atoms with van der Waals surface area (Å²) in [4.78, 5) is 0. The molecule has 1 N–H and O–H groups in total. The summed E-state index contributed by atoms with van der Waals surface area (Å²) >= 11 is 0. The predicted octanol–water partition coefficient (Wildman–Crippen LogP) is 8.92. The molecule has 35 heavy (non-hydrogen) atoms. The highest BCUT2D eigenvalue weighted by Crippen LogP contribution is 2.66. The first-order valence-electron chi connectivity index (χ1n) is 15.3. The normalized spacial score (nSPS) is 43.8. The molecule has 0 spiro atoms. The zero-order valence-electron chi connectivity index (χ0n) is 23.5. The van der Waals surface area contributed by atoms with E-state index in [-0.39, 0.29) is 16.2 Å². The molecule has 1 aromatic rings. The van der Waals surface area contributed by atoms with Gasteiger partial charge in [-0.25, -0.2) is 0 Å². The summed E-state index contributed by atoms with van der Waals surface area (Å²) in [6.07, 6.45) is 16.9. The van der Waals surface area contributed by atoms with Crippen molar-refractivity contribution in [1.82, 2.24) is 0 Å². The van der Waals surface area contributed by atoms with Gasteiger partial charge in [-0.15, -0.1) is 0 Å². The van der Waals surface area contributed by atoms with Crippen LogP contribution in [0.4, 0.5) is 0 Å². The van der Waals surface area contributed by atoms with E-state index < -0.39 is 0 Å². The Labute approximate surface area is 214 Å². The lowest BCUT2D eigenvalue weighted by atomic mass is 9.45. The molecule has 0 amide bonds. The first-order chi connectivity index (χ1) is 16.4. The van der Waals surface area contributed by atoms with Gasteiger partial charge in [-0.1, -0.05) is 47.6 Å². The Hall–Kier alpha value is -0.980. The quantitative estimate of drug-likeness (QED) is 0.453. The first-order valence-corrected chi connectivity index (χ1v) is 15.3. The predicted molar refractivity (Wildman–Crippen MR) is 145 cm³/mol. The number of benzene rings is 1. The lowest BCUT2D eigenvalue weighted by molar-refractivity contribution is -0.00904. The molecule has 0 saturated heterocycles. The van der Waals surface area contributed by atoms with Crippen LogP contribution in [0.2, 0.25) is 0 Å². The monoisotopic (exact) mass is 474 g/mol. The number of phenolic OH excluding ortho intramolecular Hbond substituents is 1. The molecular formula is C34H50O. The third-order valence-corrected chi connectivity index (χ3v) is 12.0. The minimum atomic E-state index is -0.0406. The second kappa shape index (κ2) is 7.11. The van der Waals surface area contributed by atoms with Gasteiger partial charge in [-0.3, -0.25) is 0 Å². The minimum absolute atomic E-state index is 0.0406. The zero-order chi connectivity index (χ0) is 24.5. The van der Waals surface area contributed by atoms with E-state index in [2.05, 4.69) is 47.6 Å². The van der Waals surface area contributed by atoms with E-state index in [1.54, 1.807) is 11.1 Å². The van der Waals surface area contributed by atoms with Gasteiger partial charge < -0.3 is 5.11 Å². The Morgan fingerprint density at radius 2 is 0.971 bits per heavy atom. The summed E-state index contributed by atoms with van der Waals surface area (Å²) in [5.41, 5.74) is 6.56. The van der Waals surface area contributed by atoms with Crippen LogP contribution < -0.4 is 0 Å². The summed E-state index contributed by atoms with van der Waals surface area (Å²) in [5, 5.41) is 12.5. The van der Waals surface area contributed by atoms with Crippen molar-refractivity contribution in [1.29, 1.82) is 0 Å². The number of phenols is 1. The van der Waals surface area contributed by atoms with Crippen molar-refractivity contribution >= 4 is 0 Å². The molecule has 0 atom stereocenters. The van der Waals surface area contributed by atoms with Crippen LogP contribution in [0.5, 0.6) is 5.75 Å². The highest BCUT2D eigenvalue weighted by atomic mass is 16.3. The maximum atomic E-state index is 12.5. The third kappa shape index (κ3) is 3.38. The van der Waals surface area contributed by atoms with Crippen LogP contribution in [0.25, 0.3) is 0 Å². The van der Waals surface area contributed by atoms with Crippen LogP contribution >= 0.6 is 0 Å². The largest absolute Gasteiger partial charge is 0.507 e. The second-order valence-corrected chi connectivity index (χ2v) is 17.0. The number of rotatable bonds is 2. The van der Waals surface area contributed by atoms with E-state index in [4.69, 9.17) is 0 Å². The van der Waals surface area contributed by atoms with Gasteiger partial charge in [0.1, 0.15) is 5.75 Å². The van der Waals surface area contributed by atoms with E-state index in [1.165, 1.54) is 88.2 Å². The fraction of sp³-hybridized carbons (Fsp3) is 0.824. The van der Waals surface area contributed by atoms with Gasteiger partial charge in [0, 0.05) is 11.1 Å². The SMILES string of the molecule is CC(C)(C)c1cc(C23CC4CC(CC(C4)C2)C3)c(O)c(C(C)(C)C)c1C12CC3CC(CC(C3)C1)C2. The van der Waals surface area contributed by atoms with Gasteiger partial charge in [0.2, 0.25) is 0 Å². The van der Waals surface area contributed by atoms with Crippen LogP contribution in [-0.2, 0) is 21.7 Å². The number of hydrogen-bond donors (Lipinski definition) is 1. The van der Waals surface area contributed by atoms with Gasteiger partial charge in [0.05, 0.1) is 0 Å². The zero-order valence-corrected chi connectivity index (χ0v) is 23.5. The number of aromatic hydroxyl groups is 1. The van der Waals surface area contributed by atoms with E-state index in [9.17, 15) is 5.11 Å². The maximum absolute atomic E-state index is 12.5. The smallest absolute Gasteiger partial charge is 0.123 e. The van der Waals surface area contributed by atoms with Gasteiger partial charge >= 0.3 is 0 Å². The van der Waals surface area contributed by atoms with Crippen molar-refractivity contribution in [3.8, 4) is 5.75 Å². The Kier molecular flexibility index (Phi) is 4.70. The molecule has 8 fully saturated rings. The summed E-state index contributed by atoms with van der Waals surface area (Å²) in [6.45, 7) is 14.5. The lowest BCUT2D eigenvalue weighted by Crippen LogP contribution is -2.51. The molecule has 8 bridgehead atoms. The van der Waals surface area contributed by atoms with Crippen LogP contribution in [0.1, 0.15) is 141 Å². The van der Waals surface area contributed by atoms with Crippen molar-refractivity contribution in [2.45, 2.75) is 140 Å². The Morgan fingerprint density at radius 1 is 0.600 bits per heavy atom. The molecule has 0 aliphatic heterocycles. The Balaban J connectivity index is 1.48. The van der Waals surface area contributed by atoms with Crippen molar-refractivity contribution in [2.24, 2.45) is 35.5 Å². The Bertz CT molecular complexity index is 973. The van der Waals surface area contributed by atoms with Crippen LogP contribution in [0, 0.1) is 35.5 Å². The fourth-order valence-electron chi connectivity index (χ4n) is 11.8. The van der Waals surface area contributed by atoms with Crippen molar-refractivity contribution in [3.05, 3.63) is 28.3 Å². The van der Waals surface area contributed by atoms with E-state index in [0.29, 0.717) is 5.41 Å². The molecule has 0 radical (unpaired) electrons. The highest BCUT2D eigenvalue weighted by molar-refractivity contribution is 5.60. The molecule has 8 saturated carbocycles. The highest BCUT2D eigenvalue weighted by Gasteiger charge is 2.57. The molecule has 1 nitrogen and oxygen atoms in total. The van der Waals surface area contributed by atoms with Gasteiger partial charge in [-0.2, -0.15) is 0 Å². The summed E-state index contributed by atoms with van der Waals surface area (Å²) in [7, 11) is 0. The first kappa shape index (κ1) is 23.2. The molecule has 9 rings (SSSR count). The average Bonchev–Trinajstić information content (AvgIpc) is 2.69. The Morgan fingerprint density at radius 3 is 1.31 bits per heavy atom. The standard InChI is InChI=1S/C34H50O/c1-31(2,3)26-13-27(33-14-20-7-21(15-33)9-22(8-20)16-33)30(35)29(32(4,5)6)28(26)34-17-23-10-24(18-34)12-25(11-23)19-34/h13,20-25,35H,7-12,14-19H2,1-6H3. The second-order valence-electron chi connectivity index (χ2n) is 17.0. The summed E-state index contributed by atoms with van der Waals surface area (Å²) in [6, 6.07) is 2.62. The fourth-order valence-corrected chi connectivity index (χ4v) is 11.8. The van der Waals surface area contributed by atoms with Crippen LogP contribution in [0.3, 0.4) is 0 Å². The average molecular weight is 475 g/mol. The van der Waals surface area contributed by atoms with E-state index in [1.807, 2.05) is 0 Å². The van der Waals surface area contributed by atoms with Crippen molar-refractivity contribution in [2.75, 3.05) is 0 Å². The molecule has 0 heterocycles. The van der Waals surface area contributed by atoms with Gasteiger partial charge in [-0.05, 0) is 145 Å². The molecule has 8 aliphatic carbocycles. The molecular weight excluding hydrogens is 424 g/mol. The van der Waals surface area contributed by atoms with Crippen LogP contribution in [0.15, 0.2) is 6.07 Å². The topological polar surface area (TPSA) is 20.2 Å². The van der Waals surface area contributed by atoms with Gasteiger partial charge in [0.25, 0.3) is 0 Å². The number of hydrogen-bond acceptors (Lipinski definition) is 1. The molecule has 1 aromatic carbocycles. The van der Waals surface area contributed by atoms with E-state index in [0.717, 1.165) is 41.3 Å². The van der Waals surface area contributed by atoms with Crippen molar-refractivity contribution in [3.63, 3.8) is 0 Å². The molecule has 0 unspecified atom stereocenters. The van der Waals surface area contributed by atoms with Gasteiger partial charge in [0.15, 0.2) is 0 Å². The molecule has 8 aliphatic rings. The van der Waals surface area contributed by atoms with Crippen molar-refractivity contribution < 1.29 is 5.11 Å². The molecule has 192 valence electrons. The maximum Gasteiger partial charge on any atom is 0.123 e.